The van der Waals surface area contributed by atoms with Crippen LogP contribution in [0, 0.1) is 0 Å². The van der Waals surface area contributed by atoms with Crippen molar-refractivity contribution in [1.82, 2.24) is 0 Å². The molecule has 0 saturated carbocycles. The molecule has 4 rings (SSSR count). The summed E-state index contributed by atoms with van der Waals surface area (Å²) in [5, 5.41) is 28.8. The van der Waals surface area contributed by atoms with Crippen molar-refractivity contribution in [1.29, 1.82) is 0 Å². The summed E-state index contributed by atoms with van der Waals surface area (Å²) in [5.74, 6) is -0.220. The van der Waals surface area contributed by atoms with Crippen LogP contribution in [0.3, 0.4) is 0 Å². The maximum Gasteiger partial charge on any atom is 0.164 e. The van der Waals surface area contributed by atoms with Gasteiger partial charge in [-0.05, 0) is 23.6 Å². The van der Waals surface area contributed by atoms with Crippen molar-refractivity contribution in [3.63, 3.8) is 0 Å². The molecule has 104 valence electrons. The van der Waals surface area contributed by atoms with Crippen molar-refractivity contribution in [2.24, 2.45) is 0 Å². The summed E-state index contributed by atoms with van der Waals surface area (Å²) in [7, 11) is 0. The Morgan fingerprint density at radius 2 is 1.38 bits per heavy atom. The second kappa shape index (κ2) is 4.31. The Bertz CT molecular complexity index is 805. The third kappa shape index (κ3) is 1.76. The van der Waals surface area contributed by atoms with Crippen molar-refractivity contribution in [3.05, 3.63) is 60.2 Å². The molecule has 1 aliphatic heterocycles. The first-order chi connectivity index (χ1) is 10.2. The van der Waals surface area contributed by atoms with Crippen LogP contribution in [0.15, 0.2) is 54.6 Å². The lowest BCUT2D eigenvalue weighted by atomic mass is 10.0. The Hall–Kier alpha value is -2.88. The molecule has 4 N–H and O–H groups in total. The lowest BCUT2D eigenvalue weighted by Crippen LogP contribution is -2.23. The molecule has 1 aliphatic rings. The Balaban J connectivity index is 1.85. The smallest absolute Gasteiger partial charge is 0.164 e. The highest BCUT2D eigenvalue weighted by Crippen LogP contribution is 2.41. The molecule has 0 fully saturated rings. The standard InChI is InChI=1S/C17H14N2O2/c20-14-9-3-6-11(16(14)21)17-18-12-7-1-4-10-5-2-8-13(19-17)15(10)12/h1-9,17-21H. The first kappa shape index (κ1) is 11.9. The molecule has 0 radical (unpaired) electrons. The average molecular weight is 278 g/mol. The molecule has 0 saturated heterocycles. The quantitative estimate of drug-likeness (QED) is 0.511. The van der Waals surface area contributed by atoms with Crippen LogP contribution in [-0.2, 0) is 0 Å². The molecule has 3 aromatic rings. The van der Waals surface area contributed by atoms with E-state index in [4.69, 9.17) is 0 Å². The number of para-hydroxylation sites is 1. The van der Waals surface area contributed by atoms with E-state index < -0.39 is 0 Å². The number of hydrogen-bond acceptors (Lipinski definition) is 4. The van der Waals surface area contributed by atoms with Gasteiger partial charge in [0, 0.05) is 22.3 Å². The van der Waals surface area contributed by atoms with Crippen molar-refractivity contribution < 1.29 is 10.2 Å². The molecule has 0 spiro atoms. The van der Waals surface area contributed by atoms with Crippen LogP contribution in [-0.4, -0.2) is 10.2 Å². The van der Waals surface area contributed by atoms with Crippen molar-refractivity contribution in [2.45, 2.75) is 6.17 Å². The van der Waals surface area contributed by atoms with Crippen LogP contribution in [0.5, 0.6) is 11.5 Å². The predicted molar refractivity (Wildman–Crippen MR) is 83.7 cm³/mol. The van der Waals surface area contributed by atoms with Crippen LogP contribution in [0.25, 0.3) is 10.8 Å². The van der Waals surface area contributed by atoms with Gasteiger partial charge in [-0.25, -0.2) is 0 Å². The van der Waals surface area contributed by atoms with E-state index in [0.29, 0.717) is 5.56 Å². The molecule has 0 amide bonds. The van der Waals surface area contributed by atoms with Gasteiger partial charge in [-0.2, -0.15) is 0 Å². The zero-order chi connectivity index (χ0) is 14.4. The number of hydrogen-bond donors (Lipinski definition) is 4. The van der Waals surface area contributed by atoms with E-state index >= 15 is 0 Å². The van der Waals surface area contributed by atoms with Crippen molar-refractivity contribution in [2.75, 3.05) is 10.6 Å². The maximum absolute atomic E-state index is 10.1. The highest BCUT2D eigenvalue weighted by atomic mass is 16.3. The second-order valence-electron chi connectivity index (χ2n) is 5.15. The van der Waals surface area contributed by atoms with Gasteiger partial charge < -0.3 is 20.8 Å². The predicted octanol–water partition coefficient (Wildman–Crippen LogP) is 3.79. The topological polar surface area (TPSA) is 64.5 Å². The molecule has 4 nitrogen and oxygen atoms in total. The lowest BCUT2D eigenvalue weighted by molar-refractivity contribution is 0.398. The number of phenols is 2. The Morgan fingerprint density at radius 3 is 2.05 bits per heavy atom. The van der Waals surface area contributed by atoms with Gasteiger partial charge in [0.05, 0.1) is 0 Å². The highest BCUT2D eigenvalue weighted by molar-refractivity contribution is 6.04. The van der Waals surface area contributed by atoms with E-state index in [1.165, 1.54) is 6.07 Å². The van der Waals surface area contributed by atoms with Gasteiger partial charge >= 0.3 is 0 Å². The second-order valence-corrected chi connectivity index (χ2v) is 5.15. The minimum absolute atomic E-state index is 0.103. The zero-order valence-electron chi connectivity index (χ0n) is 11.2. The van der Waals surface area contributed by atoms with E-state index in [9.17, 15) is 10.2 Å². The summed E-state index contributed by atoms with van der Waals surface area (Å²) in [4.78, 5) is 0. The third-order valence-corrected chi connectivity index (χ3v) is 3.86. The van der Waals surface area contributed by atoms with E-state index in [2.05, 4.69) is 22.8 Å². The zero-order valence-corrected chi connectivity index (χ0v) is 11.2. The van der Waals surface area contributed by atoms with E-state index in [0.717, 1.165) is 22.1 Å². The normalized spacial score (nSPS) is 13.7. The number of rotatable bonds is 1. The molecule has 1 heterocycles. The van der Waals surface area contributed by atoms with Gasteiger partial charge in [-0.3, -0.25) is 0 Å². The fourth-order valence-electron chi connectivity index (χ4n) is 2.87. The summed E-state index contributed by atoms with van der Waals surface area (Å²) in [6.07, 6.45) is -0.294. The maximum atomic E-state index is 10.1. The minimum Gasteiger partial charge on any atom is -0.504 e. The fourth-order valence-corrected chi connectivity index (χ4v) is 2.87. The first-order valence-corrected chi connectivity index (χ1v) is 6.80. The van der Waals surface area contributed by atoms with Crippen molar-refractivity contribution in [3.8, 4) is 11.5 Å². The van der Waals surface area contributed by atoms with Crippen LogP contribution in [0.1, 0.15) is 11.7 Å². The number of benzene rings is 3. The molecule has 0 atom stereocenters. The Kier molecular flexibility index (Phi) is 2.44. The SMILES string of the molecule is Oc1cccc(C2Nc3cccc4cccc(c34)N2)c1O. The van der Waals surface area contributed by atoms with Crippen LogP contribution < -0.4 is 10.6 Å². The number of anilines is 2. The minimum atomic E-state index is -0.294. The largest absolute Gasteiger partial charge is 0.504 e. The highest BCUT2D eigenvalue weighted by Gasteiger charge is 2.23. The van der Waals surface area contributed by atoms with Gasteiger partial charge in [0.25, 0.3) is 0 Å². The van der Waals surface area contributed by atoms with E-state index in [1.807, 2.05) is 24.3 Å². The van der Waals surface area contributed by atoms with Gasteiger partial charge in [0.2, 0.25) is 0 Å². The number of phenolic OH excluding ortho intramolecular Hbond substituents is 2. The fraction of sp³-hybridized carbons (Fsp3) is 0.0588. The molecular formula is C17H14N2O2. The lowest BCUT2D eigenvalue weighted by Gasteiger charge is -2.30. The summed E-state index contributed by atoms with van der Waals surface area (Å²) in [6, 6.07) is 17.1. The Morgan fingerprint density at radius 1 is 0.762 bits per heavy atom. The van der Waals surface area contributed by atoms with Crippen LogP contribution in [0.4, 0.5) is 11.4 Å². The molecule has 4 heteroatoms. The summed E-state index contributed by atoms with van der Waals surface area (Å²) in [5.41, 5.74) is 2.63. The van der Waals surface area contributed by atoms with Gasteiger partial charge in [0.15, 0.2) is 11.5 Å². The summed E-state index contributed by atoms with van der Waals surface area (Å²) < 4.78 is 0. The molecule has 0 aromatic heterocycles. The van der Waals surface area contributed by atoms with Gasteiger partial charge in [-0.1, -0.05) is 36.4 Å². The molecular weight excluding hydrogens is 264 g/mol. The third-order valence-electron chi connectivity index (χ3n) is 3.86. The monoisotopic (exact) mass is 278 g/mol. The van der Waals surface area contributed by atoms with Crippen molar-refractivity contribution >= 4 is 22.1 Å². The van der Waals surface area contributed by atoms with Crippen LogP contribution in [0.2, 0.25) is 0 Å². The summed E-state index contributed by atoms with van der Waals surface area (Å²) in [6.45, 7) is 0. The number of aromatic hydroxyl groups is 2. The summed E-state index contributed by atoms with van der Waals surface area (Å²) >= 11 is 0. The van der Waals surface area contributed by atoms with E-state index in [-0.39, 0.29) is 17.7 Å². The average Bonchev–Trinajstić information content (AvgIpc) is 2.50. The molecule has 0 aliphatic carbocycles. The van der Waals surface area contributed by atoms with Gasteiger partial charge in [0.1, 0.15) is 6.17 Å². The first-order valence-electron chi connectivity index (χ1n) is 6.80. The molecule has 21 heavy (non-hydrogen) atoms. The van der Waals surface area contributed by atoms with E-state index in [1.54, 1.807) is 12.1 Å². The Labute approximate surface area is 121 Å². The molecule has 0 bridgehead atoms. The molecule has 3 aromatic carbocycles. The van der Waals surface area contributed by atoms with Gasteiger partial charge in [-0.15, -0.1) is 0 Å². The molecule has 0 unspecified atom stereocenters. The number of nitrogens with one attached hydrogen (secondary N) is 2. The van der Waals surface area contributed by atoms with Crippen LogP contribution >= 0.6 is 0 Å².